The van der Waals surface area contributed by atoms with E-state index in [0.717, 1.165) is 142 Å². The van der Waals surface area contributed by atoms with Crippen molar-refractivity contribution in [3.8, 4) is 65.4 Å². The zero-order valence-electron chi connectivity index (χ0n) is 78.2. The first kappa shape index (κ1) is 110. The molecule has 5 aliphatic heterocycles. The minimum atomic E-state index is -0.737. The monoisotopic (exact) mass is 1950 g/mol. The minimum absolute atomic E-state index is 0.0329. The molecule has 5 heterocycles. The number of methoxy groups -OCH3 is 1. The van der Waals surface area contributed by atoms with Crippen molar-refractivity contribution < 1.29 is 76.7 Å². The molecule has 0 aromatic heterocycles. The number of thioether (sulfide) groups is 3. The lowest BCUT2D eigenvalue weighted by atomic mass is 9.77. The van der Waals surface area contributed by atoms with Gasteiger partial charge in [-0.1, -0.05) is 102 Å². The lowest BCUT2D eigenvalue weighted by molar-refractivity contribution is -0.204. The fourth-order valence-corrected chi connectivity index (χ4v) is 19.9. The molecule has 138 heavy (non-hydrogen) atoms. The summed E-state index contributed by atoms with van der Waals surface area (Å²) in [4.78, 5) is 2.18. The highest BCUT2D eigenvalue weighted by Crippen LogP contribution is 2.47. The zero-order valence-corrected chi connectivity index (χ0v) is 80.6. The van der Waals surface area contributed by atoms with Gasteiger partial charge in [-0.2, -0.15) is 42.1 Å². The Hall–Kier alpha value is -11.9. The van der Waals surface area contributed by atoms with Crippen molar-refractivity contribution in [1.29, 1.82) is 42.1 Å². The molecule has 15 nitrogen and oxygen atoms in total. The van der Waals surface area contributed by atoms with E-state index >= 15 is 0 Å². The van der Waals surface area contributed by atoms with Crippen LogP contribution in [0.4, 0.5) is 54.0 Å². The van der Waals surface area contributed by atoms with E-state index in [0.29, 0.717) is 101 Å². The van der Waals surface area contributed by atoms with Crippen molar-refractivity contribution in [1.82, 2.24) is 0 Å². The third-order valence-electron chi connectivity index (χ3n) is 24.1. The van der Waals surface area contributed by atoms with Crippen LogP contribution in [0.3, 0.4) is 0 Å². The van der Waals surface area contributed by atoms with Gasteiger partial charge in [0, 0.05) is 59.1 Å². The van der Waals surface area contributed by atoms with E-state index in [9.17, 15) is 48.3 Å². The Kier molecular flexibility index (Phi) is 44.7. The predicted octanol–water partition coefficient (Wildman–Crippen LogP) is 28.3. The van der Waals surface area contributed by atoms with Crippen molar-refractivity contribution in [3.63, 3.8) is 0 Å². The summed E-state index contributed by atoms with van der Waals surface area (Å²) in [6.45, 7) is 19.9. The van der Waals surface area contributed by atoms with E-state index in [1.54, 1.807) is 78.5 Å². The Bertz CT molecular complexity index is 5590. The van der Waals surface area contributed by atoms with Crippen LogP contribution in [0.1, 0.15) is 238 Å². The van der Waals surface area contributed by atoms with Gasteiger partial charge in [0.15, 0.2) is 12.6 Å². The number of benzene rings is 9. The van der Waals surface area contributed by atoms with E-state index in [1.165, 1.54) is 104 Å². The van der Waals surface area contributed by atoms with Crippen molar-refractivity contribution >= 4 is 41.0 Å². The minimum Gasteiger partial charge on any atom is -0.497 e. The number of allylic oxidation sites excluding steroid dienone is 4. The summed E-state index contributed by atoms with van der Waals surface area (Å²) in [5.74, 6) is 1.79. The van der Waals surface area contributed by atoms with Gasteiger partial charge in [-0.25, -0.2) is 48.3 Å². The Labute approximate surface area is 814 Å². The highest BCUT2D eigenvalue weighted by molar-refractivity contribution is 8.16. The average molecular weight is 1950 g/mol. The highest BCUT2D eigenvalue weighted by atomic mass is 32.2. The topological polar surface area (TPSA) is 249 Å². The Morgan fingerprint density at radius 3 is 1.13 bits per heavy atom. The van der Waals surface area contributed by atoms with Crippen molar-refractivity contribution in [3.05, 3.63) is 318 Å². The van der Waals surface area contributed by atoms with Crippen LogP contribution in [-0.4, -0.2) is 70.5 Å². The molecule has 2 aliphatic carbocycles. The first-order valence-corrected chi connectivity index (χ1v) is 48.8. The van der Waals surface area contributed by atoms with Crippen LogP contribution in [-0.2, 0) is 23.7 Å². The molecule has 2 unspecified atom stereocenters. The first-order valence-electron chi connectivity index (χ1n) is 45.7. The molecule has 0 spiro atoms. The molecule has 0 bridgehead atoms. The molecule has 722 valence electrons. The summed E-state index contributed by atoms with van der Waals surface area (Å²) in [5, 5.41) is 69.1. The van der Waals surface area contributed by atoms with Gasteiger partial charge >= 0.3 is 0 Å². The van der Waals surface area contributed by atoms with Gasteiger partial charge in [0.1, 0.15) is 135 Å². The smallest absolute Gasteiger partial charge is 0.183 e. The average Bonchev–Trinajstić information content (AvgIpc) is 0.821. The molecule has 0 amide bonds. The molecule has 7 fully saturated rings. The number of ether oxygens (including phenoxy) is 6. The molecule has 9 aromatic carbocycles. The second kappa shape index (κ2) is 56.2. The van der Waals surface area contributed by atoms with E-state index < -0.39 is 87.7 Å². The van der Waals surface area contributed by atoms with Gasteiger partial charge in [-0.15, -0.1) is 35.3 Å². The van der Waals surface area contributed by atoms with Gasteiger partial charge in [-0.3, -0.25) is 0 Å². The molecular weight excluding hydrogens is 1840 g/mol. The molecule has 29 heteroatoms. The van der Waals surface area contributed by atoms with Crippen LogP contribution >= 0.6 is 35.3 Å². The Morgan fingerprint density at radius 2 is 0.717 bits per heavy atom. The fourth-order valence-electron chi connectivity index (χ4n) is 15.9. The van der Waals surface area contributed by atoms with Crippen LogP contribution in [0.25, 0.3) is 11.1 Å². The summed E-state index contributed by atoms with van der Waals surface area (Å²) in [6, 6.07) is 50.8. The van der Waals surface area contributed by atoms with Crippen LogP contribution in [0, 0.1) is 196 Å². The van der Waals surface area contributed by atoms with Crippen LogP contribution in [0.15, 0.2) is 176 Å². The second-order valence-electron chi connectivity index (χ2n) is 34.9. The highest BCUT2D eigenvalue weighted by Gasteiger charge is 2.30. The summed E-state index contributed by atoms with van der Waals surface area (Å²) >= 11 is 5.39. The van der Waals surface area contributed by atoms with Crippen LogP contribution in [0.5, 0.6) is 5.75 Å². The Morgan fingerprint density at radius 1 is 0.341 bits per heavy atom. The third kappa shape index (κ3) is 32.9. The number of nitrogens with zero attached hydrogens (tertiary/aromatic N) is 9. The van der Waals surface area contributed by atoms with Gasteiger partial charge in [0.25, 0.3) is 0 Å². The molecule has 0 radical (unpaired) electrons. The van der Waals surface area contributed by atoms with Crippen molar-refractivity contribution in [2.45, 2.75) is 160 Å². The van der Waals surface area contributed by atoms with Gasteiger partial charge < -0.3 is 33.3 Å². The third-order valence-corrected chi connectivity index (χ3v) is 29.0. The molecule has 2 saturated carbocycles. The molecule has 16 rings (SSSR count). The summed E-state index contributed by atoms with van der Waals surface area (Å²) in [5.41, 5.74) is 5.23. The molecule has 7 aliphatic rings. The number of halogens is 11. The number of rotatable bonds is 13. The van der Waals surface area contributed by atoms with Gasteiger partial charge in [-0.05, 0) is 274 Å². The van der Waals surface area contributed by atoms with Crippen molar-refractivity contribution in [2.24, 2.45) is 41.4 Å². The van der Waals surface area contributed by atoms with Crippen LogP contribution < -0.4 is 9.64 Å². The number of hydrogen-bond acceptors (Lipinski definition) is 18. The van der Waals surface area contributed by atoms with Gasteiger partial charge in [0.05, 0.1) is 78.1 Å². The molecule has 0 N–H and O–H groups in total. The number of nitriles is 8. The summed E-state index contributed by atoms with van der Waals surface area (Å²) < 4.78 is 181. The van der Waals surface area contributed by atoms with Crippen LogP contribution in [0.2, 0.25) is 0 Å². The molecular formula is C109H110F11N9O6S3. The van der Waals surface area contributed by atoms with E-state index in [1.807, 2.05) is 80.7 Å². The predicted molar refractivity (Wildman–Crippen MR) is 514 cm³/mol. The van der Waals surface area contributed by atoms with E-state index in [4.69, 9.17) is 70.5 Å². The Balaban J connectivity index is 0.000000177. The molecule has 9 aromatic rings. The zero-order chi connectivity index (χ0) is 99.9. The van der Waals surface area contributed by atoms with E-state index in [-0.39, 0.29) is 56.2 Å². The number of piperidine rings is 1. The number of anilines is 1. The fraction of sp³-hybridized carbons (Fsp3) is 0.394. The molecule has 2 atom stereocenters. The maximum atomic E-state index is 13.8. The number of hydrogen-bond donors (Lipinski definition) is 0. The lowest BCUT2D eigenvalue weighted by Gasteiger charge is -2.32. The molecule has 5 saturated heterocycles. The lowest BCUT2D eigenvalue weighted by Crippen LogP contribution is -2.32. The maximum Gasteiger partial charge on any atom is 0.183 e. The maximum absolute atomic E-state index is 13.8. The summed E-state index contributed by atoms with van der Waals surface area (Å²) in [7, 11) is 1.44. The largest absolute Gasteiger partial charge is 0.497 e. The van der Waals surface area contributed by atoms with Gasteiger partial charge in [0.2, 0.25) is 0 Å². The van der Waals surface area contributed by atoms with E-state index in [2.05, 4.69) is 50.8 Å². The first-order chi connectivity index (χ1) is 66.5. The quantitative estimate of drug-likeness (QED) is 0.0768. The van der Waals surface area contributed by atoms with Crippen molar-refractivity contribution in [2.75, 3.05) is 75.4 Å². The standard InChI is InChI=1S/C17H19F2N.C15H16FNO2.C14H9F2NO.C14H15F2N.C13H15FN2.C12H12FNO2.C12H12FNOS.C12H12FNS2/c1-2-3-4-12-5-7-13(8-6-12)14-9-16(18)15(11-20)17(19)10-14;1-2-3-4-11-9-18-15(19-10-11)12-5-6-13(8-17)14(16)7-12;1-18-11-4-5-12(14(16)7-11)9-2-3-10(8-17)13(15)6-9;1-9-2-4-10(5-3-9)11-6-13(15)12(8-17)14(16)7-11;1-10-4-6-16(7-5-10)12-3-2-11(9-15)13(14)8-12;3*1-8-6-15-12(16-7-8)9-2-3-10(5-14)11(13)4-9/h2-3,9-10,12-13H,4-8H2,1H3;2-3,5-7,11,15H,4,9-10H2,1H3;2-7H,1H3;6-7,9-10H,2-5H2,1H3;2-3,8,10H,4-7H2,1H3;3*2-4,8,12H,6-7H2,1H3. The SMILES string of the molecule is CC1CCC(c2cc(F)c(C#N)c(F)c2)CC1.CC1CCN(c2ccc(C#N)c(F)c2)CC1.CC1COC(c2ccc(C#N)c(F)c2)OC1.CC1COC(c2ccc(C#N)c(F)c2)SC1.CC1CSC(c2ccc(C#N)c(F)c2)SC1.CC=CCC1CCC(c2cc(F)c(C#N)c(F)c2)CC1.CC=CCC1COC(c2ccc(C#N)c(F)c2)OC1.COc1ccc(-c2ccc(C#N)c(F)c2)c(F)c1. The normalized spacial score (nSPS) is 21.5. The summed E-state index contributed by atoms with van der Waals surface area (Å²) in [6.07, 6.45) is 19.9. The second-order valence-corrected chi connectivity index (χ2v) is 38.6.